The summed E-state index contributed by atoms with van der Waals surface area (Å²) >= 11 is 0. The molecule has 2 aliphatic rings. The highest BCUT2D eigenvalue weighted by Crippen LogP contribution is 2.29. The summed E-state index contributed by atoms with van der Waals surface area (Å²) < 4.78 is 11.2. The Hall–Kier alpha value is -0.810. The largest absolute Gasteiger partial charge is 0.444 e. The summed E-state index contributed by atoms with van der Waals surface area (Å²) in [6.07, 6.45) is -0.237. The molecule has 1 N–H and O–H groups in total. The minimum Gasteiger partial charge on any atom is -0.444 e. The van der Waals surface area contributed by atoms with Crippen molar-refractivity contribution in [2.45, 2.75) is 44.9 Å². The summed E-state index contributed by atoms with van der Waals surface area (Å²) in [6.45, 7) is 10.5. The summed E-state index contributed by atoms with van der Waals surface area (Å²) in [5.41, 5.74) is -0.644. The minimum absolute atomic E-state index is 0.0624. The van der Waals surface area contributed by atoms with E-state index in [0.29, 0.717) is 13.2 Å². The molecule has 2 heterocycles. The first-order valence-corrected chi connectivity index (χ1v) is 6.18. The molecule has 0 unspecified atom stereocenters. The second kappa shape index (κ2) is 4.14. The maximum atomic E-state index is 12.1. The van der Waals surface area contributed by atoms with Crippen molar-refractivity contribution in [3.63, 3.8) is 0 Å². The summed E-state index contributed by atoms with van der Waals surface area (Å²) in [7, 11) is 0. The van der Waals surface area contributed by atoms with Crippen molar-refractivity contribution in [3.8, 4) is 0 Å². The van der Waals surface area contributed by atoms with E-state index in [0.717, 1.165) is 13.1 Å². The lowest BCUT2D eigenvalue weighted by Gasteiger charge is -2.53. The summed E-state index contributed by atoms with van der Waals surface area (Å²) in [5.74, 6) is 0. The van der Waals surface area contributed by atoms with Crippen molar-refractivity contribution in [3.05, 3.63) is 0 Å². The molecule has 0 aromatic rings. The molecule has 0 radical (unpaired) electrons. The van der Waals surface area contributed by atoms with Gasteiger partial charge in [-0.1, -0.05) is 0 Å². The van der Waals surface area contributed by atoms with Crippen LogP contribution in [0.1, 0.15) is 27.7 Å². The number of rotatable bonds is 0. The molecule has 0 aromatic heterocycles. The predicted molar refractivity (Wildman–Crippen MR) is 64.0 cm³/mol. The van der Waals surface area contributed by atoms with Crippen molar-refractivity contribution >= 4 is 6.09 Å². The van der Waals surface area contributed by atoms with Crippen LogP contribution in [0.15, 0.2) is 0 Å². The molecular weight excluding hydrogens is 220 g/mol. The van der Waals surface area contributed by atoms with E-state index in [1.54, 1.807) is 4.90 Å². The highest BCUT2D eigenvalue weighted by Gasteiger charge is 2.50. The number of amides is 1. The van der Waals surface area contributed by atoms with Gasteiger partial charge in [0.15, 0.2) is 0 Å². The molecule has 98 valence electrons. The smallest absolute Gasteiger partial charge is 0.410 e. The molecule has 0 saturated carbocycles. The normalized spacial score (nSPS) is 27.8. The summed E-state index contributed by atoms with van der Waals surface area (Å²) in [4.78, 5) is 13.9. The first-order chi connectivity index (χ1) is 7.84. The fourth-order valence-corrected chi connectivity index (χ4v) is 2.28. The van der Waals surface area contributed by atoms with Gasteiger partial charge in [-0.3, -0.25) is 0 Å². The summed E-state index contributed by atoms with van der Waals surface area (Å²) in [6, 6.07) is 0.0624. The highest BCUT2D eigenvalue weighted by molar-refractivity contribution is 5.69. The first-order valence-electron chi connectivity index (χ1n) is 6.18. The molecule has 0 aromatic carbocycles. The molecule has 2 saturated heterocycles. The zero-order valence-electron chi connectivity index (χ0n) is 11.1. The number of ether oxygens (including phenoxy) is 2. The molecule has 2 fully saturated rings. The molecule has 5 nitrogen and oxygen atoms in total. The van der Waals surface area contributed by atoms with Gasteiger partial charge in [-0.05, 0) is 27.7 Å². The lowest BCUT2D eigenvalue weighted by molar-refractivity contribution is -0.162. The zero-order valence-corrected chi connectivity index (χ0v) is 11.1. The minimum atomic E-state index is -0.444. The Kier molecular flexibility index (Phi) is 3.08. The average Bonchev–Trinajstić information content (AvgIpc) is 2.12. The number of nitrogens with zero attached hydrogens (tertiary/aromatic N) is 1. The van der Waals surface area contributed by atoms with Crippen LogP contribution in [0.5, 0.6) is 0 Å². The van der Waals surface area contributed by atoms with Crippen LogP contribution >= 0.6 is 0 Å². The van der Waals surface area contributed by atoms with Gasteiger partial charge < -0.3 is 19.7 Å². The van der Waals surface area contributed by atoms with Crippen LogP contribution in [0.3, 0.4) is 0 Å². The first kappa shape index (κ1) is 12.6. The van der Waals surface area contributed by atoms with Crippen molar-refractivity contribution < 1.29 is 14.3 Å². The Labute approximate surface area is 102 Å². The number of carbonyl (C=O) groups is 1. The monoisotopic (exact) mass is 242 g/mol. The Bertz CT molecular complexity index is 307. The quantitative estimate of drug-likeness (QED) is 0.688. The van der Waals surface area contributed by atoms with Crippen molar-refractivity contribution in [1.29, 1.82) is 0 Å². The molecule has 1 amide bonds. The fraction of sp³-hybridized carbons (Fsp3) is 0.917. The van der Waals surface area contributed by atoms with Crippen LogP contribution in [0.2, 0.25) is 0 Å². The third kappa shape index (κ3) is 2.40. The Morgan fingerprint density at radius 3 is 2.59 bits per heavy atom. The van der Waals surface area contributed by atoms with E-state index in [2.05, 4.69) is 5.32 Å². The van der Waals surface area contributed by atoms with Gasteiger partial charge in [0.1, 0.15) is 11.2 Å². The number of carbonyl (C=O) groups excluding carboxylic acids is 1. The number of hydrogen-bond donors (Lipinski definition) is 1. The molecule has 17 heavy (non-hydrogen) atoms. The van der Waals surface area contributed by atoms with E-state index >= 15 is 0 Å². The zero-order chi connectivity index (χ0) is 12.7. The Balaban J connectivity index is 2.03. The van der Waals surface area contributed by atoms with Gasteiger partial charge in [-0.25, -0.2) is 4.79 Å². The Morgan fingerprint density at radius 2 is 2.12 bits per heavy atom. The van der Waals surface area contributed by atoms with Crippen LogP contribution in [0, 0.1) is 0 Å². The second-order valence-corrected chi connectivity index (χ2v) is 5.87. The third-order valence-corrected chi connectivity index (χ3v) is 3.43. The van der Waals surface area contributed by atoms with Gasteiger partial charge in [-0.15, -0.1) is 0 Å². The van der Waals surface area contributed by atoms with Crippen molar-refractivity contribution in [2.24, 2.45) is 0 Å². The number of hydrogen-bond acceptors (Lipinski definition) is 4. The maximum Gasteiger partial charge on any atom is 0.410 e. The van der Waals surface area contributed by atoms with E-state index < -0.39 is 5.60 Å². The number of nitrogens with one attached hydrogen (secondary N) is 1. The van der Waals surface area contributed by atoms with Gasteiger partial charge in [0, 0.05) is 19.6 Å². The van der Waals surface area contributed by atoms with Crippen molar-refractivity contribution in [1.82, 2.24) is 10.2 Å². The van der Waals surface area contributed by atoms with Crippen LogP contribution in [0.25, 0.3) is 0 Å². The SMILES string of the molecule is C[C@@H]1N(C(=O)OC(C)(C)C)CCOC12CNC2. The molecule has 1 atom stereocenters. The van der Waals surface area contributed by atoms with E-state index in [1.165, 1.54) is 0 Å². The maximum absolute atomic E-state index is 12.1. The molecule has 1 spiro atoms. The third-order valence-electron chi connectivity index (χ3n) is 3.43. The molecule has 5 heteroatoms. The van der Waals surface area contributed by atoms with Gasteiger partial charge in [0.25, 0.3) is 0 Å². The van der Waals surface area contributed by atoms with Gasteiger partial charge in [0.05, 0.1) is 12.6 Å². The standard InChI is InChI=1S/C12H22N2O3/c1-9-12(7-13-8-12)16-6-5-14(9)10(15)17-11(2,3)4/h9,13H,5-8H2,1-4H3/t9-/m0/s1. The van der Waals surface area contributed by atoms with E-state index in [-0.39, 0.29) is 17.7 Å². The lowest BCUT2D eigenvalue weighted by Crippen LogP contribution is -2.73. The topological polar surface area (TPSA) is 50.8 Å². The molecule has 0 aliphatic carbocycles. The van der Waals surface area contributed by atoms with Crippen LogP contribution in [0.4, 0.5) is 4.79 Å². The van der Waals surface area contributed by atoms with Crippen LogP contribution < -0.4 is 5.32 Å². The molecule has 2 aliphatic heterocycles. The molecular formula is C12H22N2O3. The summed E-state index contributed by atoms with van der Waals surface area (Å²) in [5, 5.41) is 3.21. The molecule has 2 rings (SSSR count). The second-order valence-electron chi connectivity index (χ2n) is 5.87. The van der Waals surface area contributed by atoms with Gasteiger partial charge in [0.2, 0.25) is 0 Å². The van der Waals surface area contributed by atoms with Gasteiger partial charge >= 0.3 is 6.09 Å². The van der Waals surface area contributed by atoms with Crippen LogP contribution in [-0.2, 0) is 9.47 Å². The predicted octanol–water partition coefficient (Wildman–Crippen LogP) is 0.984. The van der Waals surface area contributed by atoms with E-state index in [4.69, 9.17) is 9.47 Å². The Morgan fingerprint density at radius 1 is 1.47 bits per heavy atom. The highest BCUT2D eigenvalue weighted by atomic mass is 16.6. The van der Waals surface area contributed by atoms with Crippen LogP contribution in [-0.4, -0.2) is 54.5 Å². The fourth-order valence-electron chi connectivity index (χ4n) is 2.28. The van der Waals surface area contributed by atoms with Gasteiger partial charge in [-0.2, -0.15) is 0 Å². The molecule has 0 bridgehead atoms. The van der Waals surface area contributed by atoms with Crippen molar-refractivity contribution in [2.75, 3.05) is 26.2 Å². The average molecular weight is 242 g/mol. The van der Waals surface area contributed by atoms with E-state index in [9.17, 15) is 4.79 Å². The number of morpholine rings is 1. The van der Waals surface area contributed by atoms with E-state index in [1.807, 2.05) is 27.7 Å². The lowest BCUT2D eigenvalue weighted by atomic mass is 9.86.